The number of hydrogen-bond acceptors (Lipinski definition) is 2. The van der Waals surface area contributed by atoms with E-state index < -0.39 is 35.0 Å². The zero-order valence-corrected chi connectivity index (χ0v) is 12.8. The molecule has 1 aromatic carbocycles. The Hall–Kier alpha value is -2.12. The minimum Gasteiger partial charge on any atom is -0.481 e. The van der Waals surface area contributed by atoms with Crippen molar-refractivity contribution in [1.82, 2.24) is 4.90 Å². The molecule has 1 saturated heterocycles. The summed E-state index contributed by atoms with van der Waals surface area (Å²) in [5, 5.41) is 8.70. The lowest BCUT2D eigenvalue weighted by Crippen LogP contribution is -2.40. The van der Waals surface area contributed by atoms with Gasteiger partial charge >= 0.3 is 12.1 Å². The third kappa shape index (κ3) is 4.46. The van der Waals surface area contributed by atoms with Gasteiger partial charge in [0.1, 0.15) is 5.82 Å². The number of amides is 1. The summed E-state index contributed by atoms with van der Waals surface area (Å²) in [7, 11) is 0. The van der Waals surface area contributed by atoms with Crippen molar-refractivity contribution in [2.24, 2.45) is 5.92 Å². The van der Waals surface area contributed by atoms with Crippen molar-refractivity contribution in [3.05, 3.63) is 35.1 Å². The number of carboxylic acids is 1. The second-order valence-electron chi connectivity index (χ2n) is 5.88. The first-order chi connectivity index (χ1) is 11.2. The monoisotopic (exact) mass is 347 g/mol. The van der Waals surface area contributed by atoms with Crippen LogP contribution < -0.4 is 0 Å². The lowest BCUT2D eigenvalue weighted by Gasteiger charge is -2.33. The van der Waals surface area contributed by atoms with E-state index in [1.54, 1.807) is 0 Å². The van der Waals surface area contributed by atoms with E-state index in [-0.39, 0.29) is 18.9 Å². The molecule has 2 rings (SSSR count). The standard InChI is InChI=1S/C16H17F4NO3/c17-13-5-4-11(16(18,19)20)8-12(13)15(24)21-7-1-2-10(9-21)3-6-14(22)23/h4-5,8,10H,1-3,6-7,9H2,(H,22,23). The zero-order chi connectivity index (χ0) is 17.9. The van der Waals surface area contributed by atoms with Crippen LogP contribution in [0.25, 0.3) is 0 Å². The molecule has 1 amide bonds. The maximum absolute atomic E-state index is 13.8. The number of piperidine rings is 1. The number of alkyl halides is 3. The summed E-state index contributed by atoms with van der Waals surface area (Å²) in [5.41, 5.74) is -1.68. The summed E-state index contributed by atoms with van der Waals surface area (Å²) in [5.74, 6) is -2.78. The van der Waals surface area contributed by atoms with E-state index in [1.807, 2.05) is 0 Å². The second-order valence-corrected chi connectivity index (χ2v) is 5.88. The van der Waals surface area contributed by atoms with Crippen LogP contribution in [0.2, 0.25) is 0 Å². The summed E-state index contributed by atoms with van der Waals surface area (Å²) in [6.07, 6.45) is -2.97. The Morgan fingerprint density at radius 3 is 2.62 bits per heavy atom. The number of halogens is 4. The molecule has 0 aliphatic carbocycles. The van der Waals surface area contributed by atoms with Crippen molar-refractivity contribution >= 4 is 11.9 Å². The molecule has 1 fully saturated rings. The van der Waals surface area contributed by atoms with Crippen LogP contribution in [0.15, 0.2) is 18.2 Å². The molecular formula is C16H17F4NO3. The van der Waals surface area contributed by atoms with Gasteiger partial charge in [0.05, 0.1) is 11.1 Å². The number of rotatable bonds is 4. The summed E-state index contributed by atoms with van der Waals surface area (Å²) in [6, 6.07) is 1.76. The van der Waals surface area contributed by atoms with Crippen LogP contribution in [-0.4, -0.2) is 35.0 Å². The van der Waals surface area contributed by atoms with Crippen LogP contribution in [0.4, 0.5) is 17.6 Å². The highest BCUT2D eigenvalue weighted by Gasteiger charge is 2.33. The van der Waals surface area contributed by atoms with Crippen molar-refractivity contribution in [3.8, 4) is 0 Å². The van der Waals surface area contributed by atoms with Crippen molar-refractivity contribution in [3.63, 3.8) is 0 Å². The highest BCUT2D eigenvalue weighted by atomic mass is 19.4. The number of benzene rings is 1. The number of carboxylic acid groups (broad SMARTS) is 1. The predicted octanol–water partition coefficient (Wildman–Crippen LogP) is 3.56. The van der Waals surface area contributed by atoms with Gasteiger partial charge in [0.25, 0.3) is 5.91 Å². The van der Waals surface area contributed by atoms with Crippen LogP contribution in [0, 0.1) is 11.7 Å². The molecule has 1 N–H and O–H groups in total. The van der Waals surface area contributed by atoms with E-state index in [1.165, 1.54) is 4.90 Å². The van der Waals surface area contributed by atoms with Crippen LogP contribution in [0.3, 0.4) is 0 Å². The fourth-order valence-corrected chi connectivity index (χ4v) is 2.85. The average Bonchev–Trinajstić information content (AvgIpc) is 2.52. The van der Waals surface area contributed by atoms with E-state index in [2.05, 4.69) is 0 Å². The molecule has 24 heavy (non-hydrogen) atoms. The molecule has 1 heterocycles. The SMILES string of the molecule is O=C(O)CCC1CCCN(C(=O)c2cc(C(F)(F)F)ccc2F)C1. The highest BCUT2D eigenvalue weighted by molar-refractivity contribution is 5.94. The minimum absolute atomic E-state index is 0.0371. The molecule has 1 atom stereocenters. The second kappa shape index (κ2) is 7.19. The molecule has 0 bridgehead atoms. The Morgan fingerprint density at radius 2 is 2.00 bits per heavy atom. The summed E-state index contributed by atoms with van der Waals surface area (Å²) in [6.45, 7) is 0.542. The summed E-state index contributed by atoms with van der Waals surface area (Å²) in [4.78, 5) is 24.3. The van der Waals surface area contributed by atoms with Crippen LogP contribution in [0.5, 0.6) is 0 Å². The van der Waals surface area contributed by atoms with E-state index in [0.29, 0.717) is 37.6 Å². The van der Waals surface area contributed by atoms with Gasteiger partial charge in [-0.2, -0.15) is 13.2 Å². The van der Waals surface area contributed by atoms with Gasteiger partial charge in [-0.15, -0.1) is 0 Å². The molecule has 4 nitrogen and oxygen atoms in total. The largest absolute Gasteiger partial charge is 0.481 e. The maximum Gasteiger partial charge on any atom is 0.416 e. The topological polar surface area (TPSA) is 57.6 Å². The first kappa shape index (κ1) is 18.2. The average molecular weight is 347 g/mol. The third-order valence-electron chi connectivity index (χ3n) is 4.10. The van der Waals surface area contributed by atoms with Crippen molar-refractivity contribution in [2.75, 3.05) is 13.1 Å². The lowest BCUT2D eigenvalue weighted by molar-refractivity contribution is -0.138. The lowest BCUT2D eigenvalue weighted by atomic mass is 9.93. The van der Waals surface area contributed by atoms with E-state index >= 15 is 0 Å². The summed E-state index contributed by atoms with van der Waals surface area (Å²) < 4.78 is 52.0. The Balaban J connectivity index is 2.14. The third-order valence-corrected chi connectivity index (χ3v) is 4.10. The van der Waals surface area contributed by atoms with Gasteiger partial charge in [-0.05, 0) is 43.4 Å². The van der Waals surface area contributed by atoms with Crippen molar-refractivity contribution in [1.29, 1.82) is 0 Å². The smallest absolute Gasteiger partial charge is 0.416 e. The summed E-state index contributed by atoms with van der Waals surface area (Å²) >= 11 is 0. The Bertz CT molecular complexity index is 630. The van der Waals surface area contributed by atoms with E-state index in [9.17, 15) is 27.2 Å². The van der Waals surface area contributed by atoms with Crippen molar-refractivity contribution < 1.29 is 32.3 Å². The highest BCUT2D eigenvalue weighted by Crippen LogP contribution is 2.31. The van der Waals surface area contributed by atoms with Gasteiger partial charge in [0.2, 0.25) is 0 Å². The normalized spacial score (nSPS) is 18.5. The number of nitrogens with zero attached hydrogens (tertiary/aromatic N) is 1. The van der Waals surface area contributed by atoms with Gasteiger partial charge in [-0.1, -0.05) is 0 Å². The molecular weight excluding hydrogens is 330 g/mol. The Kier molecular flexibility index (Phi) is 5.46. The molecule has 8 heteroatoms. The maximum atomic E-state index is 13.8. The van der Waals surface area contributed by atoms with Gasteiger partial charge in [-0.25, -0.2) is 4.39 Å². The van der Waals surface area contributed by atoms with Crippen LogP contribution in [0.1, 0.15) is 41.6 Å². The quantitative estimate of drug-likeness (QED) is 0.848. The van der Waals surface area contributed by atoms with Crippen LogP contribution >= 0.6 is 0 Å². The van der Waals surface area contributed by atoms with Gasteiger partial charge in [0.15, 0.2) is 0 Å². The van der Waals surface area contributed by atoms with Crippen molar-refractivity contribution in [2.45, 2.75) is 31.9 Å². The molecule has 132 valence electrons. The molecule has 0 saturated carbocycles. The zero-order valence-electron chi connectivity index (χ0n) is 12.8. The Labute approximate surface area is 136 Å². The molecule has 0 spiro atoms. The van der Waals surface area contributed by atoms with Gasteiger partial charge < -0.3 is 10.0 Å². The van der Waals surface area contributed by atoms with Crippen LogP contribution in [-0.2, 0) is 11.0 Å². The van der Waals surface area contributed by atoms with Gasteiger partial charge in [-0.3, -0.25) is 9.59 Å². The first-order valence-electron chi connectivity index (χ1n) is 7.56. The number of hydrogen-bond donors (Lipinski definition) is 1. The molecule has 1 aliphatic rings. The number of aliphatic carboxylic acids is 1. The fourth-order valence-electron chi connectivity index (χ4n) is 2.85. The molecule has 1 aliphatic heterocycles. The first-order valence-corrected chi connectivity index (χ1v) is 7.56. The van der Waals surface area contributed by atoms with E-state index in [0.717, 1.165) is 6.42 Å². The number of likely N-dealkylation sites (tertiary alicyclic amines) is 1. The Morgan fingerprint density at radius 1 is 1.29 bits per heavy atom. The molecule has 0 radical (unpaired) electrons. The number of carbonyl (C=O) groups excluding carboxylic acids is 1. The van der Waals surface area contributed by atoms with E-state index in [4.69, 9.17) is 5.11 Å². The number of carbonyl (C=O) groups is 2. The fraction of sp³-hybridized carbons (Fsp3) is 0.500. The minimum atomic E-state index is -4.66. The van der Waals surface area contributed by atoms with Gasteiger partial charge in [0, 0.05) is 19.5 Å². The molecule has 1 aromatic rings. The predicted molar refractivity (Wildman–Crippen MR) is 76.9 cm³/mol. The molecule has 1 unspecified atom stereocenters. The molecule has 0 aromatic heterocycles.